The van der Waals surface area contributed by atoms with E-state index in [1.807, 2.05) is 31.2 Å². The number of benzene rings is 1. The first kappa shape index (κ1) is 11.9. The van der Waals surface area contributed by atoms with Gasteiger partial charge in [-0.15, -0.1) is 0 Å². The van der Waals surface area contributed by atoms with Gasteiger partial charge in [0.05, 0.1) is 11.8 Å². The number of fused-ring (bicyclic) bond motifs is 1. The van der Waals surface area contributed by atoms with Gasteiger partial charge in [-0.25, -0.2) is 0 Å². The van der Waals surface area contributed by atoms with Crippen molar-refractivity contribution >= 4 is 17.6 Å². The minimum Gasteiger partial charge on any atom is -0.462 e. The Morgan fingerprint density at radius 2 is 2.00 bits per heavy atom. The van der Waals surface area contributed by atoms with Crippen LogP contribution in [-0.4, -0.2) is 18.0 Å². The minimum absolute atomic E-state index is 0.0244. The Morgan fingerprint density at radius 3 is 2.75 bits per heavy atom. The Hall–Kier alpha value is -1.84. The van der Waals surface area contributed by atoms with E-state index in [1.54, 1.807) is 0 Å². The van der Waals surface area contributed by atoms with Crippen molar-refractivity contribution in [3.8, 4) is 0 Å². The number of hydrogen-bond donors (Lipinski definition) is 1. The van der Waals surface area contributed by atoms with Gasteiger partial charge >= 0.3 is 5.97 Å². The number of rotatable bonds is 2. The third-order valence-electron chi connectivity index (χ3n) is 5.11. The second-order valence-electron chi connectivity index (χ2n) is 6.28. The summed E-state index contributed by atoms with van der Waals surface area (Å²) in [5.41, 5.74) is 1.96. The molecule has 20 heavy (non-hydrogen) atoms. The molecule has 3 aliphatic rings. The molecule has 104 valence electrons. The van der Waals surface area contributed by atoms with Crippen LogP contribution in [0, 0.1) is 30.6 Å². The van der Waals surface area contributed by atoms with E-state index < -0.39 is 0 Å². The van der Waals surface area contributed by atoms with Crippen LogP contribution in [0.2, 0.25) is 0 Å². The molecule has 1 aliphatic heterocycles. The van der Waals surface area contributed by atoms with Gasteiger partial charge in [0.15, 0.2) is 0 Å². The summed E-state index contributed by atoms with van der Waals surface area (Å²) in [7, 11) is 0. The lowest BCUT2D eigenvalue weighted by Gasteiger charge is -2.23. The van der Waals surface area contributed by atoms with Gasteiger partial charge < -0.3 is 10.1 Å². The molecule has 4 rings (SSSR count). The second-order valence-corrected chi connectivity index (χ2v) is 6.28. The number of anilines is 1. The first-order valence-electron chi connectivity index (χ1n) is 7.21. The number of aryl methyl sites for hydroxylation is 1. The highest BCUT2D eigenvalue weighted by Gasteiger charge is 2.63. The fourth-order valence-corrected chi connectivity index (χ4v) is 4.23. The van der Waals surface area contributed by atoms with Gasteiger partial charge in [0.1, 0.15) is 6.10 Å². The summed E-state index contributed by atoms with van der Waals surface area (Å²) in [6.07, 6.45) is 1.91. The maximum Gasteiger partial charge on any atom is 0.310 e. The Balaban J connectivity index is 1.54. The molecule has 0 spiro atoms. The highest BCUT2D eigenvalue weighted by molar-refractivity contribution is 5.96. The van der Waals surface area contributed by atoms with E-state index in [2.05, 4.69) is 5.32 Å². The van der Waals surface area contributed by atoms with Crippen molar-refractivity contribution in [2.45, 2.75) is 25.9 Å². The SMILES string of the molecule is Cc1ccc(NC(=O)[C@@H]2[C@@H]3C[C@@H]4[C@H]2C(=O)O[C@@H]4C3)cc1. The van der Waals surface area contributed by atoms with E-state index in [0.717, 1.165) is 24.1 Å². The normalized spacial score (nSPS) is 37.0. The largest absolute Gasteiger partial charge is 0.462 e. The molecule has 0 radical (unpaired) electrons. The molecule has 2 aliphatic carbocycles. The number of carbonyl (C=O) groups is 2. The molecule has 1 saturated heterocycles. The van der Waals surface area contributed by atoms with Gasteiger partial charge in [-0.2, -0.15) is 0 Å². The van der Waals surface area contributed by atoms with Crippen LogP contribution in [0.3, 0.4) is 0 Å². The third-order valence-corrected chi connectivity index (χ3v) is 5.11. The highest BCUT2D eigenvalue weighted by atomic mass is 16.6. The summed E-state index contributed by atoms with van der Waals surface area (Å²) in [5, 5.41) is 2.95. The van der Waals surface area contributed by atoms with Crippen LogP contribution in [0.5, 0.6) is 0 Å². The molecule has 4 nitrogen and oxygen atoms in total. The van der Waals surface area contributed by atoms with E-state index in [0.29, 0.717) is 5.92 Å². The van der Waals surface area contributed by atoms with Crippen LogP contribution >= 0.6 is 0 Å². The molecular formula is C16H17NO3. The molecule has 5 atom stereocenters. The van der Waals surface area contributed by atoms with Gasteiger partial charge in [0, 0.05) is 11.6 Å². The zero-order valence-corrected chi connectivity index (χ0v) is 11.3. The van der Waals surface area contributed by atoms with Crippen LogP contribution < -0.4 is 5.32 Å². The zero-order valence-electron chi connectivity index (χ0n) is 11.3. The molecule has 1 N–H and O–H groups in total. The summed E-state index contributed by atoms with van der Waals surface area (Å²) >= 11 is 0. The molecule has 4 heteroatoms. The Labute approximate surface area is 117 Å². The quantitative estimate of drug-likeness (QED) is 0.838. The predicted molar refractivity (Wildman–Crippen MR) is 72.9 cm³/mol. The van der Waals surface area contributed by atoms with Crippen molar-refractivity contribution in [2.24, 2.45) is 23.7 Å². The number of carbonyl (C=O) groups excluding carboxylic acids is 2. The Bertz CT molecular complexity index is 578. The van der Waals surface area contributed by atoms with Crippen molar-refractivity contribution in [3.63, 3.8) is 0 Å². The monoisotopic (exact) mass is 271 g/mol. The number of nitrogens with one attached hydrogen (secondary N) is 1. The maximum absolute atomic E-state index is 12.5. The van der Waals surface area contributed by atoms with Gasteiger partial charge in [0.2, 0.25) is 5.91 Å². The summed E-state index contributed by atoms with van der Waals surface area (Å²) in [4.78, 5) is 24.4. The molecule has 2 saturated carbocycles. The molecule has 3 fully saturated rings. The van der Waals surface area contributed by atoms with Crippen LogP contribution in [0.25, 0.3) is 0 Å². The molecule has 1 heterocycles. The second kappa shape index (κ2) is 4.08. The van der Waals surface area contributed by atoms with Crippen molar-refractivity contribution < 1.29 is 14.3 Å². The van der Waals surface area contributed by atoms with Gasteiger partial charge in [-0.1, -0.05) is 17.7 Å². The van der Waals surface area contributed by atoms with Crippen LogP contribution in [0.15, 0.2) is 24.3 Å². The molecule has 0 unspecified atom stereocenters. The average molecular weight is 271 g/mol. The number of amides is 1. The predicted octanol–water partition coefficient (Wildman–Crippen LogP) is 2.13. The fourth-order valence-electron chi connectivity index (χ4n) is 4.23. The van der Waals surface area contributed by atoms with Gasteiger partial charge in [0.25, 0.3) is 0 Å². The average Bonchev–Trinajstić information content (AvgIpc) is 3.02. The van der Waals surface area contributed by atoms with Crippen LogP contribution in [0.1, 0.15) is 18.4 Å². The van der Waals surface area contributed by atoms with Crippen molar-refractivity contribution in [1.29, 1.82) is 0 Å². The minimum atomic E-state index is -0.204. The van der Waals surface area contributed by atoms with Crippen molar-refractivity contribution in [2.75, 3.05) is 5.32 Å². The number of esters is 1. The third kappa shape index (κ3) is 1.60. The molecule has 0 aromatic heterocycles. The summed E-state index contributed by atoms with van der Waals surface area (Å²) < 4.78 is 5.37. The summed E-state index contributed by atoms with van der Waals surface area (Å²) in [6.45, 7) is 2.01. The molecule has 1 aromatic carbocycles. The van der Waals surface area contributed by atoms with E-state index in [4.69, 9.17) is 4.74 Å². The van der Waals surface area contributed by atoms with E-state index in [1.165, 1.54) is 0 Å². The standard InChI is InChI=1S/C16H17NO3/c1-8-2-4-10(5-3-8)17-15(18)13-9-6-11-12(7-9)20-16(19)14(11)13/h2-5,9,11-14H,6-7H2,1H3,(H,17,18)/t9-,11+,12-,13-,14-/m1/s1. The lowest BCUT2D eigenvalue weighted by molar-refractivity contribution is -0.145. The molecule has 2 bridgehead atoms. The fraction of sp³-hybridized carbons (Fsp3) is 0.500. The van der Waals surface area contributed by atoms with Crippen LogP contribution in [0.4, 0.5) is 5.69 Å². The van der Waals surface area contributed by atoms with Gasteiger partial charge in [-0.3, -0.25) is 9.59 Å². The number of ether oxygens (including phenoxy) is 1. The van der Waals surface area contributed by atoms with Crippen LogP contribution in [-0.2, 0) is 14.3 Å². The van der Waals surface area contributed by atoms with E-state index >= 15 is 0 Å². The Kier molecular flexibility index (Phi) is 2.43. The molecule has 1 amide bonds. The summed E-state index contributed by atoms with van der Waals surface area (Å²) in [6, 6.07) is 7.74. The lowest BCUT2D eigenvalue weighted by atomic mass is 9.79. The van der Waals surface area contributed by atoms with E-state index in [-0.39, 0.29) is 35.7 Å². The maximum atomic E-state index is 12.5. The lowest BCUT2D eigenvalue weighted by Crippen LogP contribution is -2.35. The van der Waals surface area contributed by atoms with Gasteiger partial charge in [-0.05, 0) is 37.8 Å². The van der Waals surface area contributed by atoms with E-state index in [9.17, 15) is 9.59 Å². The smallest absolute Gasteiger partial charge is 0.310 e. The highest BCUT2D eigenvalue weighted by Crippen LogP contribution is 2.57. The summed E-state index contributed by atoms with van der Waals surface area (Å²) in [5.74, 6) is -0.00220. The first-order valence-corrected chi connectivity index (χ1v) is 7.21. The number of hydrogen-bond acceptors (Lipinski definition) is 3. The van der Waals surface area contributed by atoms with Crippen molar-refractivity contribution in [3.05, 3.63) is 29.8 Å². The van der Waals surface area contributed by atoms with Crippen molar-refractivity contribution in [1.82, 2.24) is 0 Å². The molecular weight excluding hydrogens is 254 g/mol. The topological polar surface area (TPSA) is 55.4 Å². The zero-order chi connectivity index (χ0) is 13.9. The molecule has 1 aromatic rings. The first-order chi connectivity index (χ1) is 9.63. The Morgan fingerprint density at radius 1 is 1.25 bits per heavy atom.